The molecule has 0 aliphatic carbocycles. The first-order valence-electron chi connectivity index (χ1n) is 7.22. The Morgan fingerprint density at radius 1 is 1.24 bits per heavy atom. The normalized spacial score (nSPS) is 12.2. The lowest BCUT2D eigenvalue weighted by Crippen LogP contribution is -2.28. The third-order valence-electron chi connectivity index (χ3n) is 3.13. The van der Waals surface area contributed by atoms with Crippen molar-refractivity contribution in [3.8, 4) is 5.75 Å². The lowest BCUT2D eigenvalue weighted by Gasteiger charge is -2.14. The molecule has 0 radical (unpaired) electrons. The Morgan fingerprint density at radius 2 is 1.84 bits per heavy atom. The van der Waals surface area contributed by atoms with Gasteiger partial charge in [-0.05, 0) is 30.0 Å². The zero-order valence-corrected chi connectivity index (χ0v) is 14.3. The number of hydrogen-bond acceptors (Lipinski definition) is 5. The number of rotatable bonds is 8. The molecule has 6 nitrogen and oxygen atoms in total. The second kappa shape index (κ2) is 7.85. The van der Waals surface area contributed by atoms with Crippen molar-refractivity contribution >= 4 is 21.9 Å². The Kier molecular flexibility index (Phi) is 6.58. The molecule has 0 aliphatic rings. The highest BCUT2D eigenvalue weighted by atomic mass is 32.2. The van der Waals surface area contributed by atoms with Crippen molar-refractivity contribution in [3.05, 3.63) is 29.3 Å². The molecule has 0 bridgehead atoms. The lowest BCUT2D eigenvalue weighted by molar-refractivity contribution is -0.136. The summed E-state index contributed by atoms with van der Waals surface area (Å²) in [5.74, 6) is -2.55. The molecule has 0 saturated heterocycles. The van der Waals surface area contributed by atoms with Gasteiger partial charge in [0.25, 0.3) is 0 Å². The third-order valence-corrected chi connectivity index (χ3v) is 4.10. The quantitative estimate of drug-likeness (QED) is 0.421. The Balaban J connectivity index is 3.28. The van der Waals surface area contributed by atoms with E-state index in [1.54, 1.807) is 0 Å². The van der Waals surface area contributed by atoms with E-state index >= 15 is 0 Å². The van der Waals surface area contributed by atoms with Gasteiger partial charge in [0.2, 0.25) is 0 Å². The maximum absolute atomic E-state index is 12.5. The number of alkyl halides is 3. The summed E-state index contributed by atoms with van der Waals surface area (Å²) < 4.78 is 64.1. The van der Waals surface area contributed by atoms with E-state index in [0.717, 1.165) is 12.1 Å². The maximum Gasteiger partial charge on any atom is 0.534 e. The van der Waals surface area contributed by atoms with Crippen molar-refractivity contribution < 1.29 is 40.5 Å². The standard InChI is InChI=1S/C15H17F3O6S/c1-9(2)3-6-12(19)11-5-4-10(8-14(20)21)7-13(11)24-25(22,23)15(16,17)18/h4-5,7,9H,3,6,8H2,1-2H3,(H,20,21). The summed E-state index contributed by atoms with van der Waals surface area (Å²) in [5, 5.41) is 8.74. The van der Waals surface area contributed by atoms with Crippen molar-refractivity contribution in [2.24, 2.45) is 5.92 Å². The largest absolute Gasteiger partial charge is 0.534 e. The topological polar surface area (TPSA) is 97.7 Å². The van der Waals surface area contributed by atoms with E-state index in [1.807, 2.05) is 13.8 Å². The van der Waals surface area contributed by atoms with Crippen LogP contribution in [0.1, 0.15) is 42.6 Å². The van der Waals surface area contributed by atoms with Crippen LogP contribution in [0.4, 0.5) is 13.2 Å². The average molecular weight is 382 g/mol. The van der Waals surface area contributed by atoms with Gasteiger partial charge in [0, 0.05) is 6.42 Å². The third kappa shape index (κ3) is 6.04. The van der Waals surface area contributed by atoms with Crippen LogP contribution in [0.15, 0.2) is 18.2 Å². The number of carbonyl (C=O) groups excluding carboxylic acids is 1. The first-order chi connectivity index (χ1) is 11.3. The molecule has 1 aromatic carbocycles. The minimum absolute atomic E-state index is 0.000263. The summed E-state index contributed by atoms with van der Waals surface area (Å²) >= 11 is 0. The van der Waals surface area contributed by atoms with Crippen LogP contribution in [0.5, 0.6) is 5.75 Å². The molecule has 1 rings (SSSR count). The number of benzene rings is 1. The average Bonchev–Trinajstić information content (AvgIpc) is 2.42. The van der Waals surface area contributed by atoms with Crippen LogP contribution in [0.25, 0.3) is 0 Å². The Labute approximate surface area is 142 Å². The van der Waals surface area contributed by atoms with Crippen LogP contribution in [0.3, 0.4) is 0 Å². The predicted octanol–water partition coefficient (Wildman–Crippen LogP) is 3.16. The monoisotopic (exact) mass is 382 g/mol. The fourth-order valence-electron chi connectivity index (χ4n) is 1.87. The van der Waals surface area contributed by atoms with Gasteiger partial charge in [-0.3, -0.25) is 9.59 Å². The molecule has 0 spiro atoms. The van der Waals surface area contributed by atoms with E-state index in [1.165, 1.54) is 6.07 Å². The van der Waals surface area contributed by atoms with Crippen LogP contribution in [0.2, 0.25) is 0 Å². The van der Waals surface area contributed by atoms with E-state index in [2.05, 4.69) is 4.18 Å². The van der Waals surface area contributed by atoms with Gasteiger partial charge in [0.15, 0.2) is 11.5 Å². The van der Waals surface area contributed by atoms with Crippen molar-refractivity contribution in [2.75, 3.05) is 0 Å². The minimum atomic E-state index is -5.98. The number of Topliss-reactive ketones (excluding diaryl/α,β-unsaturated/α-hetero) is 1. The number of carboxylic acid groups (broad SMARTS) is 1. The summed E-state index contributed by atoms with van der Waals surface area (Å²) in [6.45, 7) is 3.68. The van der Waals surface area contributed by atoms with E-state index in [-0.39, 0.29) is 23.5 Å². The van der Waals surface area contributed by atoms with Crippen molar-refractivity contribution in [1.29, 1.82) is 0 Å². The number of carbonyl (C=O) groups is 2. The fourth-order valence-corrected chi connectivity index (χ4v) is 2.34. The zero-order chi connectivity index (χ0) is 19.4. The second-order valence-corrected chi connectivity index (χ2v) is 7.28. The van der Waals surface area contributed by atoms with Crippen molar-refractivity contribution in [3.63, 3.8) is 0 Å². The summed E-state index contributed by atoms with van der Waals surface area (Å²) in [6.07, 6.45) is -0.136. The number of carboxylic acids is 1. The van der Waals surface area contributed by atoms with Gasteiger partial charge in [-0.2, -0.15) is 21.6 Å². The van der Waals surface area contributed by atoms with Gasteiger partial charge >= 0.3 is 21.6 Å². The molecular weight excluding hydrogens is 365 g/mol. The van der Waals surface area contributed by atoms with Gasteiger partial charge in [-0.1, -0.05) is 19.9 Å². The summed E-state index contributed by atoms with van der Waals surface area (Å²) in [4.78, 5) is 22.9. The van der Waals surface area contributed by atoms with Gasteiger partial charge in [-0.25, -0.2) is 0 Å². The molecule has 0 saturated carbocycles. The van der Waals surface area contributed by atoms with E-state index in [0.29, 0.717) is 6.42 Å². The van der Waals surface area contributed by atoms with Gasteiger partial charge in [0.1, 0.15) is 0 Å². The molecule has 0 unspecified atom stereocenters. The Morgan fingerprint density at radius 3 is 2.32 bits per heavy atom. The van der Waals surface area contributed by atoms with Crippen LogP contribution in [-0.2, 0) is 21.3 Å². The second-order valence-electron chi connectivity index (χ2n) is 5.74. The Bertz CT molecular complexity index is 753. The van der Waals surface area contributed by atoms with Crippen LogP contribution < -0.4 is 4.18 Å². The number of halogens is 3. The Hall–Kier alpha value is -2.10. The van der Waals surface area contributed by atoms with Crippen LogP contribution in [-0.4, -0.2) is 30.8 Å². The minimum Gasteiger partial charge on any atom is -0.481 e. The predicted molar refractivity (Wildman–Crippen MR) is 81.8 cm³/mol. The SMILES string of the molecule is CC(C)CCC(=O)c1ccc(CC(=O)O)cc1OS(=O)(=O)C(F)(F)F. The molecule has 140 valence electrons. The zero-order valence-electron chi connectivity index (χ0n) is 13.5. The molecule has 0 heterocycles. The van der Waals surface area contributed by atoms with Gasteiger partial charge in [-0.15, -0.1) is 0 Å². The maximum atomic E-state index is 12.5. The van der Waals surface area contributed by atoms with Gasteiger partial charge in [0.05, 0.1) is 12.0 Å². The molecule has 0 atom stereocenters. The number of ketones is 1. The molecule has 0 fully saturated rings. The van der Waals surface area contributed by atoms with Crippen molar-refractivity contribution in [1.82, 2.24) is 0 Å². The smallest absolute Gasteiger partial charge is 0.481 e. The molecule has 0 aliphatic heterocycles. The fraction of sp³-hybridized carbons (Fsp3) is 0.467. The summed E-state index contributed by atoms with van der Waals surface area (Å²) in [5.41, 5.74) is -6.02. The van der Waals surface area contributed by atoms with Crippen LogP contribution in [0, 0.1) is 5.92 Å². The molecule has 1 aromatic rings. The van der Waals surface area contributed by atoms with Crippen molar-refractivity contribution in [2.45, 2.75) is 38.6 Å². The highest BCUT2D eigenvalue weighted by Crippen LogP contribution is 2.31. The molecular formula is C15H17F3O6S. The summed E-state index contributed by atoms with van der Waals surface area (Å²) in [7, 11) is -5.98. The molecule has 1 N–H and O–H groups in total. The highest BCUT2D eigenvalue weighted by Gasteiger charge is 2.49. The van der Waals surface area contributed by atoms with E-state index in [4.69, 9.17) is 5.11 Å². The number of aliphatic carboxylic acids is 1. The molecule has 10 heteroatoms. The molecule has 0 aromatic heterocycles. The lowest BCUT2D eigenvalue weighted by atomic mass is 9.99. The first-order valence-corrected chi connectivity index (χ1v) is 8.63. The summed E-state index contributed by atoms with van der Waals surface area (Å²) in [6, 6.07) is 3.12. The van der Waals surface area contributed by atoms with Gasteiger partial charge < -0.3 is 9.29 Å². The first kappa shape index (κ1) is 20.9. The van der Waals surface area contributed by atoms with E-state index < -0.39 is 39.5 Å². The molecule has 25 heavy (non-hydrogen) atoms. The van der Waals surface area contributed by atoms with E-state index in [9.17, 15) is 31.2 Å². The van der Waals surface area contributed by atoms with Crippen LogP contribution >= 0.6 is 0 Å². The number of hydrogen-bond donors (Lipinski definition) is 1. The highest BCUT2D eigenvalue weighted by molar-refractivity contribution is 7.88. The molecule has 0 amide bonds.